The lowest BCUT2D eigenvalue weighted by Gasteiger charge is -2.08. The van der Waals surface area contributed by atoms with Crippen LogP contribution >= 0.6 is 0 Å². The van der Waals surface area contributed by atoms with E-state index in [-0.39, 0.29) is 11.8 Å². The first kappa shape index (κ1) is 17.0. The van der Waals surface area contributed by atoms with Crippen LogP contribution in [0.5, 0.6) is 5.75 Å². The molecule has 1 saturated carbocycles. The third-order valence-electron chi connectivity index (χ3n) is 4.16. The maximum absolute atomic E-state index is 12.3. The second kappa shape index (κ2) is 7.83. The SMILES string of the molecule is COc1ccc(CCNC(=O)c2cccc(C(=O)NC3CC3)c2)cc1. The molecule has 0 aliphatic heterocycles. The molecule has 5 heteroatoms. The molecule has 0 bridgehead atoms. The first-order chi connectivity index (χ1) is 12.2. The van der Waals surface area contributed by atoms with E-state index >= 15 is 0 Å². The number of ether oxygens (including phenoxy) is 1. The topological polar surface area (TPSA) is 67.4 Å². The Morgan fingerprint density at radius 1 is 1.04 bits per heavy atom. The van der Waals surface area contributed by atoms with Gasteiger partial charge in [0.15, 0.2) is 0 Å². The predicted octanol–water partition coefficient (Wildman–Crippen LogP) is 2.56. The molecular formula is C20H22N2O3. The largest absolute Gasteiger partial charge is 0.497 e. The molecule has 5 nitrogen and oxygen atoms in total. The Kier molecular flexibility index (Phi) is 5.33. The van der Waals surface area contributed by atoms with Gasteiger partial charge in [-0.1, -0.05) is 18.2 Å². The minimum atomic E-state index is -0.172. The molecule has 0 radical (unpaired) electrons. The minimum Gasteiger partial charge on any atom is -0.497 e. The third-order valence-corrected chi connectivity index (χ3v) is 4.16. The van der Waals surface area contributed by atoms with Crippen molar-refractivity contribution in [1.82, 2.24) is 10.6 Å². The Morgan fingerprint density at radius 2 is 1.72 bits per heavy atom. The van der Waals surface area contributed by atoms with Crippen LogP contribution in [0.15, 0.2) is 48.5 Å². The van der Waals surface area contributed by atoms with E-state index in [0.29, 0.717) is 23.7 Å². The molecule has 0 saturated heterocycles. The van der Waals surface area contributed by atoms with Crippen molar-refractivity contribution >= 4 is 11.8 Å². The van der Waals surface area contributed by atoms with Gasteiger partial charge in [-0.3, -0.25) is 9.59 Å². The zero-order valence-corrected chi connectivity index (χ0v) is 14.2. The molecule has 1 aliphatic carbocycles. The van der Waals surface area contributed by atoms with E-state index in [4.69, 9.17) is 4.74 Å². The summed E-state index contributed by atoms with van der Waals surface area (Å²) in [7, 11) is 1.63. The van der Waals surface area contributed by atoms with Gasteiger partial charge in [-0.25, -0.2) is 0 Å². The van der Waals surface area contributed by atoms with Crippen LogP contribution < -0.4 is 15.4 Å². The van der Waals surface area contributed by atoms with Crippen LogP contribution in [0.2, 0.25) is 0 Å². The fourth-order valence-corrected chi connectivity index (χ4v) is 2.51. The van der Waals surface area contributed by atoms with E-state index in [0.717, 1.165) is 30.6 Å². The van der Waals surface area contributed by atoms with Gasteiger partial charge >= 0.3 is 0 Å². The Labute approximate surface area is 147 Å². The van der Waals surface area contributed by atoms with Crippen molar-refractivity contribution in [2.75, 3.05) is 13.7 Å². The molecule has 0 spiro atoms. The Balaban J connectivity index is 1.52. The molecule has 25 heavy (non-hydrogen) atoms. The zero-order chi connectivity index (χ0) is 17.6. The molecule has 3 rings (SSSR count). The van der Waals surface area contributed by atoms with Gasteiger partial charge in [0.1, 0.15) is 5.75 Å². The number of carbonyl (C=O) groups excluding carboxylic acids is 2. The van der Waals surface area contributed by atoms with Crippen LogP contribution in [0.1, 0.15) is 39.1 Å². The molecule has 0 heterocycles. The number of rotatable bonds is 7. The summed E-state index contributed by atoms with van der Waals surface area (Å²) in [6, 6.07) is 14.9. The van der Waals surface area contributed by atoms with Crippen LogP contribution in [0, 0.1) is 0 Å². The van der Waals surface area contributed by atoms with E-state index in [1.165, 1.54) is 0 Å². The van der Waals surface area contributed by atoms with Crippen LogP contribution in [-0.2, 0) is 6.42 Å². The molecule has 2 N–H and O–H groups in total. The van der Waals surface area contributed by atoms with Gasteiger partial charge in [0.2, 0.25) is 0 Å². The summed E-state index contributed by atoms with van der Waals surface area (Å²) in [5, 5.41) is 5.82. The summed E-state index contributed by atoms with van der Waals surface area (Å²) in [4.78, 5) is 24.4. The van der Waals surface area contributed by atoms with Gasteiger partial charge in [0.05, 0.1) is 7.11 Å². The van der Waals surface area contributed by atoms with Crippen molar-refractivity contribution in [2.45, 2.75) is 25.3 Å². The van der Waals surface area contributed by atoms with E-state index in [9.17, 15) is 9.59 Å². The fraction of sp³-hybridized carbons (Fsp3) is 0.300. The van der Waals surface area contributed by atoms with Gasteiger partial charge < -0.3 is 15.4 Å². The number of hydrogen-bond donors (Lipinski definition) is 2. The van der Waals surface area contributed by atoms with Crippen LogP contribution in [-0.4, -0.2) is 31.5 Å². The average molecular weight is 338 g/mol. The number of hydrogen-bond acceptors (Lipinski definition) is 3. The molecule has 2 aromatic rings. The number of methoxy groups -OCH3 is 1. The first-order valence-corrected chi connectivity index (χ1v) is 8.48. The Bertz CT molecular complexity index is 752. The van der Waals surface area contributed by atoms with Crippen molar-refractivity contribution in [2.24, 2.45) is 0 Å². The van der Waals surface area contributed by atoms with Gasteiger partial charge in [0.25, 0.3) is 11.8 Å². The van der Waals surface area contributed by atoms with E-state index in [1.54, 1.807) is 31.4 Å². The van der Waals surface area contributed by atoms with E-state index in [2.05, 4.69) is 10.6 Å². The summed E-state index contributed by atoms with van der Waals surface area (Å²) in [5.41, 5.74) is 2.14. The second-order valence-corrected chi connectivity index (χ2v) is 6.18. The summed E-state index contributed by atoms with van der Waals surface area (Å²) in [6.07, 6.45) is 2.81. The third kappa shape index (κ3) is 4.83. The second-order valence-electron chi connectivity index (χ2n) is 6.18. The molecule has 130 valence electrons. The molecule has 1 aliphatic rings. The van der Waals surface area contributed by atoms with Gasteiger partial charge in [-0.15, -0.1) is 0 Å². The highest BCUT2D eigenvalue weighted by atomic mass is 16.5. The lowest BCUT2D eigenvalue weighted by atomic mass is 10.1. The monoisotopic (exact) mass is 338 g/mol. The van der Waals surface area contributed by atoms with Gasteiger partial charge in [-0.2, -0.15) is 0 Å². The van der Waals surface area contributed by atoms with Crippen LogP contribution in [0.4, 0.5) is 0 Å². The summed E-state index contributed by atoms with van der Waals surface area (Å²) >= 11 is 0. The Morgan fingerprint density at radius 3 is 2.36 bits per heavy atom. The predicted molar refractivity (Wildman–Crippen MR) is 96.0 cm³/mol. The summed E-state index contributed by atoms with van der Waals surface area (Å²) in [5.74, 6) is 0.527. The van der Waals surface area contributed by atoms with E-state index < -0.39 is 0 Å². The summed E-state index contributed by atoms with van der Waals surface area (Å²) < 4.78 is 5.13. The fourth-order valence-electron chi connectivity index (χ4n) is 2.51. The maximum atomic E-state index is 12.3. The lowest BCUT2D eigenvalue weighted by molar-refractivity contribution is 0.0951. The van der Waals surface area contributed by atoms with Crippen molar-refractivity contribution in [3.63, 3.8) is 0 Å². The summed E-state index contributed by atoms with van der Waals surface area (Å²) in [6.45, 7) is 0.531. The smallest absolute Gasteiger partial charge is 0.251 e. The van der Waals surface area contributed by atoms with Crippen molar-refractivity contribution in [3.8, 4) is 5.75 Å². The quantitative estimate of drug-likeness (QED) is 0.815. The van der Waals surface area contributed by atoms with Crippen LogP contribution in [0.25, 0.3) is 0 Å². The highest BCUT2D eigenvalue weighted by Crippen LogP contribution is 2.19. The average Bonchev–Trinajstić information content (AvgIpc) is 3.46. The molecule has 2 aromatic carbocycles. The molecule has 0 unspecified atom stereocenters. The molecule has 0 aromatic heterocycles. The highest BCUT2D eigenvalue weighted by Gasteiger charge is 2.24. The standard InChI is InChI=1S/C20H22N2O3/c1-25-18-9-5-14(6-10-18)11-12-21-19(23)15-3-2-4-16(13-15)20(24)22-17-7-8-17/h2-6,9-10,13,17H,7-8,11-12H2,1H3,(H,21,23)(H,22,24). The highest BCUT2D eigenvalue weighted by molar-refractivity contribution is 5.99. The lowest BCUT2D eigenvalue weighted by Crippen LogP contribution is -2.27. The number of nitrogens with one attached hydrogen (secondary N) is 2. The van der Waals surface area contributed by atoms with Gasteiger partial charge in [0, 0.05) is 23.7 Å². The van der Waals surface area contributed by atoms with Crippen LogP contribution in [0.3, 0.4) is 0 Å². The number of amides is 2. The van der Waals surface area contributed by atoms with Crippen molar-refractivity contribution in [1.29, 1.82) is 0 Å². The van der Waals surface area contributed by atoms with Crippen molar-refractivity contribution < 1.29 is 14.3 Å². The Hall–Kier alpha value is -2.82. The zero-order valence-electron chi connectivity index (χ0n) is 14.2. The van der Waals surface area contributed by atoms with Crippen molar-refractivity contribution in [3.05, 3.63) is 65.2 Å². The minimum absolute atomic E-state index is 0.115. The van der Waals surface area contributed by atoms with E-state index in [1.807, 2.05) is 24.3 Å². The first-order valence-electron chi connectivity index (χ1n) is 8.48. The number of carbonyl (C=O) groups is 2. The number of benzene rings is 2. The molecule has 2 amide bonds. The van der Waals surface area contributed by atoms with Gasteiger partial charge in [-0.05, 0) is 55.2 Å². The molecule has 0 atom stereocenters. The normalized spacial score (nSPS) is 13.2. The molecule has 1 fully saturated rings. The molecular weight excluding hydrogens is 316 g/mol. The maximum Gasteiger partial charge on any atom is 0.251 e.